The van der Waals surface area contributed by atoms with Crippen LogP contribution in [-0.4, -0.2) is 30.1 Å². The van der Waals surface area contributed by atoms with E-state index in [9.17, 15) is 4.79 Å². The Morgan fingerprint density at radius 2 is 2.24 bits per heavy atom. The van der Waals surface area contributed by atoms with Crippen LogP contribution in [0, 0.1) is 0 Å². The van der Waals surface area contributed by atoms with Crippen LogP contribution in [0.2, 0.25) is 0 Å². The van der Waals surface area contributed by atoms with Crippen molar-refractivity contribution in [1.82, 2.24) is 24.3 Å². The van der Waals surface area contributed by atoms with Crippen molar-refractivity contribution in [2.24, 2.45) is 7.05 Å². The van der Waals surface area contributed by atoms with Crippen LogP contribution in [0.25, 0.3) is 0 Å². The molecule has 0 amide bonds. The second kappa shape index (κ2) is 4.48. The molecule has 0 aliphatic rings. The number of rotatable bonds is 4. The highest BCUT2D eigenvalue weighted by molar-refractivity contribution is 5.95. The number of nitrogens with zero attached hydrogens (tertiary/aromatic N) is 5. The molecule has 0 aliphatic heterocycles. The van der Waals surface area contributed by atoms with E-state index in [-0.39, 0.29) is 18.2 Å². The fourth-order valence-electron chi connectivity index (χ4n) is 1.69. The zero-order chi connectivity index (χ0) is 12.4. The van der Waals surface area contributed by atoms with E-state index < -0.39 is 0 Å². The summed E-state index contributed by atoms with van der Waals surface area (Å²) in [5.41, 5.74) is 0.586. The van der Waals surface area contributed by atoms with Gasteiger partial charge < -0.3 is 4.57 Å². The smallest absolute Gasteiger partial charge is 0.188 e. The first-order valence-corrected chi connectivity index (χ1v) is 5.47. The van der Waals surface area contributed by atoms with Crippen LogP contribution in [0.5, 0.6) is 0 Å². The van der Waals surface area contributed by atoms with Gasteiger partial charge in [-0.1, -0.05) is 0 Å². The summed E-state index contributed by atoms with van der Waals surface area (Å²) in [7, 11) is 1.80. The van der Waals surface area contributed by atoms with Crippen molar-refractivity contribution in [2.45, 2.75) is 26.3 Å². The molecule has 0 N–H and O–H groups in total. The molecular formula is C11H15N5O. The van der Waals surface area contributed by atoms with Gasteiger partial charge in [-0.25, -0.2) is 14.6 Å². The Morgan fingerprint density at radius 1 is 1.47 bits per heavy atom. The van der Waals surface area contributed by atoms with Gasteiger partial charge >= 0.3 is 0 Å². The van der Waals surface area contributed by atoms with E-state index in [2.05, 4.69) is 15.1 Å². The summed E-state index contributed by atoms with van der Waals surface area (Å²) in [4.78, 5) is 20.1. The van der Waals surface area contributed by atoms with Crippen LogP contribution in [0.3, 0.4) is 0 Å². The van der Waals surface area contributed by atoms with Crippen LogP contribution in [0.15, 0.2) is 18.9 Å². The molecule has 0 saturated heterocycles. The van der Waals surface area contributed by atoms with Gasteiger partial charge in [0.15, 0.2) is 5.78 Å². The normalized spacial score (nSPS) is 11.1. The molecule has 6 nitrogen and oxygen atoms in total. The van der Waals surface area contributed by atoms with Crippen LogP contribution in [0.1, 0.15) is 36.2 Å². The third-order valence-corrected chi connectivity index (χ3v) is 2.56. The van der Waals surface area contributed by atoms with Gasteiger partial charge in [0.05, 0.1) is 18.9 Å². The second-order valence-electron chi connectivity index (χ2n) is 4.20. The molecule has 0 aromatic carbocycles. The maximum Gasteiger partial charge on any atom is 0.188 e. The lowest BCUT2D eigenvalue weighted by atomic mass is 10.2. The lowest BCUT2D eigenvalue weighted by molar-refractivity contribution is 0.0981. The predicted octanol–water partition coefficient (Wildman–Crippen LogP) is 1.02. The van der Waals surface area contributed by atoms with Gasteiger partial charge in [-0.15, -0.1) is 0 Å². The summed E-state index contributed by atoms with van der Waals surface area (Å²) < 4.78 is 3.46. The molecule has 0 spiro atoms. The standard InChI is InChI=1S/C11H15N5O/c1-8(2)16-11(13-6-14-16)4-10(17)9-5-12-7-15(9)3/h5-8H,4H2,1-3H3. The number of imidazole rings is 1. The monoisotopic (exact) mass is 233 g/mol. The van der Waals surface area contributed by atoms with E-state index in [4.69, 9.17) is 0 Å². The minimum Gasteiger partial charge on any atom is -0.331 e. The highest BCUT2D eigenvalue weighted by atomic mass is 16.1. The zero-order valence-electron chi connectivity index (χ0n) is 10.2. The summed E-state index contributed by atoms with van der Waals surface area (Å²) in [6.07, 6.45) is 4.91. The second-order valence-corrected chi connectivity index (χ2v) is 4.20. The van der Waals surface area contributed by atoms with Gasteiger partial charge in [0.1, 0.15) is 17.8 Å². The largest absolute Gasteiger partial charge is 0.331 e. The molecule has 0 bridgehead atoms. The highest BCUT2D eigenvalue weighted by Gasteiger charge is 2.15. The molecule has 2 aromatic heterocycles. The number of ketones is 1. The fourth-order valence-corrected chi connectivity index (χ4v) is 1.69. The summed E-state index contributed by atoms with van der Waals surface area (Å²) in [6.45, 7) is 4.01. The third kappa shape index (κ3) is 2.25. The molecule has 0 unspecified atom stereocenters. The number of aryl methyl sites for hydroxylation is 1. The lowest BCUT2D eigenvalue weighted by Crippen LogP contribution is -2.15. The number of Topliss-reactive ketones (excluding diaryl/α,β-unsaturated/α-hetero) is 1. The molecular weight excluding hydrogens is 218 g/mol. The first-order valence-electron chi connectivity index (χ1n) is 5.47. The molecule has 2 rings (SSSR count). The number of aromatic nitrogens is 5. The number of hydrogen-bond donors (Lipinski definition) is 0. The molecule has 90 valence electrons. The van der Waals surface area contributed by atoms with Crippen LogP contribution < -0.4 is 0 Å². The van der Waals surface area contributed by atoms with Gasteiger partial charge in [0, 0.05) is 13.1 Å². The number of carbonyl (C=O) groups is 1. The summed E-state index contributed by atoms with van der Waals surface area (Å²) in [5.74, 6) is 0.686. The Balaban J connectivity index is 2.19. The van der Waals surface area contributed by atoms with Crippen LogP contribution in [0.4, 0.5) is 0 Å². The van der Waals surface area contributed by atoms with Crippen LogP contribution >= 0.6 is 0 Å². The van der Waals surface area contributed by atoms with Crippen molar-refractivity contribution >= 4 is 5.78 Å². The lowest BCUT2D eigenvalue weighted by Gasteiger charge is -2.08. The third-order valence-electron chi connectivity index (χ3n) is 2.56. The summed E-state index contributed by atoms with van der Waals surface area (Å²) in [6, 6.07) is 0.201. The molecule has 2 heterocycles. The van der Waals surface area contributed by atoms with Gasteiger partial charge in [-0.05, 0) is 13.8 Å². The van der Waals surface area contributed by atoms with Crippen molar-refractivity contribution in [3.63, 3.8) is 0 Å². The Morgan fingerprint density at radius 3 is 2.82 bits per heavy atom. The van der Waals surface area contributed by atoms with Crippen molar-refractivity contribution in [3.05, 3.63) is 30.4 Å². The average Bonchev–Trinajstić information content (AvgIpc) is 2.86. The molecule has 17 heavy (non-hydrogen) atoms. The van der Waals surface area contributed by atoms with Crippen molar-refractivity contribution in [1.29, 1.82) is 0 Å². The van der Waals surface area contributed by atoms with Gasteiger partial charge in [-0.3, -0.25) is 4.79 Å². The summed E-state index contributed by atoms with van der Waals surface area (Å²) in [5, 5.41) is 4.10. The van der Waals surface area contributed by atoms with Crippen molar-refractivity contribution in [3.8, 4) is 0 Å². The number of carbonyl (C=O) groups excluding carboxylic acids is 1. The maximum absolute atomic E-state index is 12.0. The molecule has 6 heteroatoms. The highest BCUT2D eigenvalue weighted by Crippen LogP contribution is 2.08. The molecule has 0 aliphatic carbocycles. The van der Waals surface area contributed by atoms with E-state index in [0.29, 0.717) is 11.5 Å². The fraction of sp³-hybridized carbons (Fsp3) is 0.455. The summed E-state index contributed by atoms with van der Waals surface area (Å²) >= 11 is 0. The van der Waals surface area contributed by atoms with Gasteiger partial charge in [0.25, 0.3) is 0 Å². The minimum absolute atomic E-state index is 0.0000926. The number of hydrogen-bond acceptors (Lipinski definition) is 4. The Labute approximate surface area is 99.3 Å². The van der Waals surface area contributed by atoms with E-state index in [0.717, 1.165) is 0 Å². The quantitative estimate of drug-likeness (QED) is 0.739. The first-order chi connectivity index (χ1) is 8.09. The Hall–Kier alpha value is -1.98. The molecule has 0 saturated carbocycles. The molecule has 2 aromatic rings. The Bertz CT molecular complexity index is 525. The molecule has 0 fully saturated rings. The van der Waals surface area contributed by atoms with E-state index in [1.165, 1.54) is 6.33 Å². The average molecular weight is 233 g/mol. The van der Waals surface area contributed by atoms with E-state index in [1.807, 2.05) is 13.8 Å². The minimum atomic E-state index is -0.0000926. The molecule has 0 atom stereocenters. The van der Waals surface area contributed by atoms with Gasteiger partial charge in [-0.2, -0.15) is 5.10 Å². The van der Waals surface area contributed by atoms with Crippen LogP contribution in [-0.2, 0) is 13.5 Å². The SMILES string of the molecule is CC(C)n1ncnc1CC(=O)c1cncn1C. The maximum atomic E-state index is 12.0. The predicted molar refractivity (Wildman–Crippen MR) is 61.6 cm³/mol. The first kappa shape index (κ1) is 11.5. The molecule has 0 radical (unpaired) electrons. The van der Waals surface area contributed by atoms with E-state index in [1.54, 1.807) is 28.8 Å². The van der Waals surface area contributed by atoms with Crippen molar-refractivity contribution < 1.29 is 4.79 Å². The Kier molecular flexibility index (Phi) is 3.03. The van der Waals surface area contributed by atoms with Gasteiger partial charge in [0.2, 0.25) is 0 Å². The topological polar surface area (TPSA) is 65.6 Å². The van der Waals surface area contributed by atoms with Crippen molar-refractivity contribution in [2.75, 3.05) is 0 Å². The van der Waals surface area contributed by atoms with E-state index >= 15 is 0 Å². The zero-order valence-corrected chi connectivity index (χ0v) is 10.2.